The summed E-state index contributed by atoms with van der Waals surface area (Å²) in [5.74, 6) is 0.739. The first-order valence-corrected chi connectivity index (χ1v) is 7.13. The minimum Gasteiger partial charge on any atom is -0.504 e. The fourth-order valence-corrected chi connectivity index (χ4v) is 2.38. The van der Waals surface area contributed by atoms with Gasteiger partial charge in [-0.05, 0) is 24.1 Å². The predicted molar refractivity (Wildman–Crippen MR) is 82.9 cm³/mol. The quantitative estimate of drug-likeness (QED) is 0.861. The second kappa shape index (κ2) is 6.37. The topological polar surface area (TPSA) is 38.7 Å². The zero-order chi connectivity index (χ0) is 14.7. The van der Waals surface area contributed by atoms with Gasteiger partial charge >= 0.3 is 0 Å². The van der Waals surface area contributed by atoms with E-state index >= 15 is 0 Å². The molecule has 106 valence electrons. The van der Waals surface area contributed by atoms with Crippen molar-refractivity contribution in [1.29, 1.82) is 0 Å². The van der Waals surface area contributed by atoms with Crippen LogP contribution in [0, 0.1) is 6.92 Å². The van der Waals surface area contributed by atoms with Gasteiger partial charge in [0.2, 0.25) is 0 Å². The largest absolute Gasteiger partial charge is 0.504 e. The Labute approximate surface area is 131 Å². The summed E-state index contributed by atoms with van der Waals surface area (Å²) in [6.45, 7) is 2.38. The molecule has 0 aliphatic carbocycles. The Hall–Kier alpha value is -1.39. The van der Waals surface area contributed by atoms with Crippen LogP contribution in [-0.4, -0.2) is 12.2 Å². The van der Waals surface area contributed by atoms with Crippen LogP contribution >= 0.6 is 27.5 Å². The lowest BCUT2D eigenvalue weighted by molar-refractivity contribution is 0.301. The van der Waals surface area contributed by atoms with Gasteiger partial charge in [-0.2, -0.15) is 0 Å². The van der Waals surface area contributed by atoms with Crippen LogP contribution in [0.3, 0.4) is 0 Å². The van der Waals surface area contributed by atoms with Gasteiger partial charge in [0.15, 0.2) is 11.5 Å². The fraction of sp³-hybridized carbons (Fsp3) is 0.200. The highest BCUT2D eigenvalue weighted by Gasteiger charge is 2.10. The standard InChI is InChI=1S/C15H14BrClO3/c1-9-10(4-3-5-11(9)16)8-20-14-7-13(18)15(19-2)6-12(14)17/h3-7,18H,8H2,1-2H3. The summed E-state index contributed by atoms with van der Waals surface area (Å²) in [4.78, 5) is 0. The van der Waals surface area contributed by atoms with E-state index in [0.29, 0.717) is 23.1 Å². The SMILES string of the molecule is COc1cc(Cl)c(OCc2cccc(Br)c2C)cc1O. The molecular formula is C15H14BrClO3. The molecule has 2 aromatic rings. The average molecular weight is 358 g/mol. The van der Waals surface area contributed by atoms with Crippen LogP contribution in [0.4, 0.5) is 0 Å². The first-order valence-electron chi connectivity index (χ1n) is 5.96. The molecule has 0 fully saturated rings. The Kier molecular flexibility index (Phi) is 4.78. The van der Waals surface area contributed by atoms with Gasteiger partial charge in [0, 0.05) is 16.6 Å². The molecule has 0 aliphatic heterocycles. The third-order valence-corrected chi connectivity index (χ3v) is 4.15. The molecule has 2 aromatic carbocycles. The van der Waals surface area contributed by atoms with Gasteiger partial charge in [0.25, 0.3) is 0 Å². The van der Waals surface area contributed by atoms with Crippen molar-refractivity contribution < 1.29 is 14.6 Å². The van der Waals surface area contributed by atoms with Crippen molar-refractivity contribution in [2.45, 2.75) is 13.5 Å². The number of benzene rings is 2. The summed E-state index contributed by atoms with van der Waals surface area (Å²) in [5.41, 5.74) is 2.16. The van der Waals surface area contributed by atoms with Crippen LogP contribution in [0.25, 0.3) is 0 Å². The van der Waals surface area contributed by atoms with Gasteiger partial charge in [0.05, 0.1) is 12.1 Å². The molecule has 0 saturated heterocycles. The molecule has 0 unspecified atom stereocenters. The van der Waals surface area contributed by atoms with Crippen molar-refractivity contribution in [3.63, 3.8) is 0 Å². The summed E-state index contributed by atoms with van der Waals surface area (Å²) >= 11 is 9.57. The van der Waals surface area contributed by atoms with E-state index in [1.54, 1.807) is 0 Å². The number of phenols is 1. The van der Waals surface area contributed by atoms with E-state index in [-0.39, 0.29) is 5.75 Å². The zero-order valence-electron chi connectivity index (χ0n) is 11.1. The second-order valence-corrected chi connectivity index (χ2v) is 5.53. The number of hydrogen-bond donors (Lipinski definition) is 1. The number of phenolic OH excluding ortho intramolecular Hbond substituents is 1. The number of methoxy groups -OCH3 is 1. The molecule has 0 bridgehead atoms. The van der Waals surface area contributed by atoms with Gasteiger partial charge in [-0.15, -0.1) is 0 Å². The second-order valence-electron chi connectivity index (χ2n) is 4.27. The Balaban J connectivity index is 2.19. The number of rotatable bonds is 4. The first-order chi connectivity index (χ1) is 9.52. The lowest BCUT2D eigenvalue weighted by Gasteiger charge is -2.12. The number of aromatic hydroxyl groups is 1. The Morgan fingerprint density at radius 2 is 2.00 bits per heavy atom. The van der Waals surface area contributed by atoms with E-state index in [9.17, 15) is 5.11 Å². The monoisotopic (exact) mass is 356 g/mol. The normalized spacial score (nSPS) is 10.4. The number of ether oxygens (including phenoxy) is 2. The molecule has 1 N–H and O–H groups in total. The fourth-order valence-electron chi connectivity index (χ4n) is 1.76. The molecule has 0 amide bonds. The minimum absolute atomic E-state index is 0.00198. The molecule has 0 spiro atoms. The lowest BCUT2D eigenvalue weighted by atomic mass is 10.1. The number of hydrogen-bond acceptors (Lipinski definition) is 3. The highest BCUT2D eigenvalue weighted by Crippen LogP contribution is 2.37. The third kappa shape index (κ3) is 3.19. The van der Waals surface area contributed by atoms with Gasteiger partial charge in [-0.25, -0.2) is 0 Å². The molecular weight excluding hydrogens is 344 g/mol. The van der Waals surface area contributed by atoms with Crippen LogP contribution < -0.4 is 9.47 Å². The highest BCUT2D eigenvalue weighted by molar-refractivity contribution is 9.10. The van der Waals surface area contributed by atoms with Crippen LogP contribution in [0.2, 0.25) is 5.02 Å². The smallest absolute Gasteiger partial charge is 0.162 e. The third-order valence-electron chi connectivity index (χ3n) is 3.00. The maximum absolute atomic E-state index is 9.74. The molecule has 0 aliphatic rings. The van der Waals surface area contributed by atoms with Crippen LogP contribution in [0.5, 0.6) is 17.2 Å². The molecule has 0 atom stereocenters. The van der Waals surface area contributed by atoms with Crippen LogP contribution in [-0.2, 0) is 6.61 Å². The number of halogens is 2. The average Bonchev–Trinajstić information content (AvgIpc) is 2.43. The van der Waals surface area contributed by atoms with Crippen LogP contribution in [0.1, 0.15) is 11.1 Å². The molecule has 0 saturated carbocycles. The van der Waals surface area contributed by atoms with Gasteiger partial charge < -0.3 is 14.6 Å². The summed E-state index contributed by atoms with van der Waals surface area (Å²) in [6.07, 6.45) is 0. The maximum Gasteiger partial charge on any atom is 0.162 e. The van der Waals surface area contributed by atoms with Crippen LogP contribution in [0.15, 0.2) is 34.8 Å². The van der Waals surface area contributed by atoms with Gasteiger partial charge in [0.1, 0.15) is 12.4 Å². The van der Waals surface area contributed by atoms with Gasteiger partial charge in [-0.3, -0.25) is 0 Å². The molecule has 5 heteroatoms. The summed E-state index contributed by atoms with van der Waals surface area (Å²) < 4.78 is 11.7. The van der Waals surface area contributed by atoms with Crippen molar-refractivity contribution in [1.82, 2.24) is 0 Å². The summed E-state index contributed by atoms with van der Waals surface area (Å²) in [5, 5.41) is 10.1. The molecule has 0 heterocycles. The summed E-state index contributed by atoms with van der Waals surface area (Å²) in [6, 6.07) is 8.89. The minimum atomic E-state index is -0.00198. The van der Waals surface area contributed by atoms with E-state index in [2.05, 4.69) is 15.9 Å². The van der Waals surface area contributed by atoms with E-state index in [4.69, 9.17) is 21.1 Å². The van der Waals surface area contributed by atoms with Crippen molar-refractivity contribution in [3.05, 3.63) is 51.0 Å². The van der Waals surface area contributed by atoms with Crippen molar-refractivity contribution in [3.8, 4) is 17.2 Å². The summed E-state index contributed by atoms with van der Waals surface area (Å²) in [7, 11) is 1.47. The molecule has 0 radical (unpaired) electrons. The molecule has 3 nitrogen and oxygen atoms in total. The Morgan fingerprint density at radius 1 is 1.25 bits per heavy atom. The Morgan fingerprint density at radius 3 is 2.70 bits per heavy atom. The lowest BCUT2D eigenvalue weighted by Crippen LogP contribution is -1.99. The Bertz CT molecular complexity index is 629. The van der Waals surface area contributed by atoms with E-state index in [1.165, 1.54) is 19.2 Å². The van der Waals surface area contributed by atoms with Crippen molar-refractivity contribution >= 4 is 27.5 Å². The highest BCUT2D eigenvalue weighted by atomic mass is 79.9. The van der Waals surface area contributed by atoms with Crippen molar-refractivity contribution in [2.75, 3.05) is 7.11 Å². The van der Waals surface area contributed by atoms with E-state index in [0.717, 1.165) is 15.6 Å². The van der Waals surface area contributed by atoms with E-state index in [1.807, 2.05) is 25.1 Å². The predicted octanol–water partition coefficient (Wildman–Crippen LogP) is 4.70. The van der Waals surface area contributed by atoms with Gasteiger partial charge in [-0.1, -0.05) is 39.7 Å². The first kappa shape index (κ1) is 15.0. The van der Waals surface area contributed by atoms with Crippen molar-refractivity contribution in [2.24, 2.45) is 0 Å². The zero-order valence-corrected chi connectivity index (χ0v) is 13.5. The molecule has 20 heavy (non-hydrogen) atoms. The molecule has 0 aromatic heterocycles. The molecule has 2 rings (SSSR count). The maximum atomic E-state index is 9.74. The van der Waals surface area contributed by atoms with E-state index < -0.39 is 0 Å².